The number of methoxy groups -OCH3 is 1. The number of carbonyl (C=O) groups is 2. The number of imide groups is 1. The van der Waals surface area contributed by atoms with E-state index in [2.05, 4.69) is 0 Å². The highest BCUT2D eigenvalue weighted by Crippen LogP contribution is 2.17. The van der Waals surface area contributed by atoms with E-state index in [1.54, 1.807) is 14.0 Å². The van der Waals surface area contributed by atoms with E-state index in [4.69, 9.17) is 4.74 Å². The van der Waals surface area contributed by atoms with Crippen molar-refractivity contribution in [3.63, 3.8) is 0 Å². The van der Waals surface area contributed by atoms with Crippen LogP contribution in [0.5, 0.6) is 0 Å². The van der Waals surface area contributed by atoms with Crippen molar-refractivity contribution in [3.05, 3.63) is 11.6 Å². The molecule has 0 spiro atoms. The summed E-state index contributed by atoms with van der Waals surface area (Å²) in [5.74, 6) is -0.474. The van der Waals surface area contributed by atoms with E-state index >= 15 is 0 Å². The third kappa shape index (κ3) is 2.01. The molecule has 4 nitrogen and oxygen atoms in total. The first-order valence-corrected chi connectivity index (χ1v) is 4.46. The van der Waals surface area contributed by atoms with Gasteiger partial charge in [-0.15, -0.1) is 0 Å². The number of rotatable bonds is 3. The Morgan fingerprint density at radius 3 is 2.36 bits per heavy atom. The van der Waals surface area contributed by atoms with Crippen LogP contribution in [0, 0.1) is 0 Å². The van der Waals surface area contributed by atoms with Gasteiger partial charge in [-0.2, -0.15) is 0 Å². The van der Waals surface area contributed by atoms with Crippen LogP contribution < -0.4 is 0 Å². The highest BCUT2D eigenvalue weighted by atomic mass is 16.5. The van der Waals surface area contributed by atoms with E-state index in [1.807, 2.05) is 13.8 Å². The van der Waals surface area contributed by atoms with Crippen molar-refractivity contribution in [1.29, 1.82) is 0 Å². The second kappa shape index (κ2) is 3.53. The van der Waals surface area contributed by atoms with Crippen molar-refractivity contribution in [3.8, 4) is 0 Å². The predicted molar refractivity (Wildman–Crippen MR) is 51.6 cm³/mol. The summed E-state index contributed by atoms with van der Waals surface area (Å²) in [5, 5.41) is 0. The van der Waals surface area contributed by atoms with E-state index in [1.165, 1.54) is 11.0 Å². The summed E-state index contributed by atoms with van der Waals surface area (Å²) in [7, 11) is 1.56. The van der Waals surface area contributed by atoms with Crippen molar-refractivity contribution in [1.82, 2.24) is 4.90 Å². The summed E-state index contributed by atoms with van der Waals surface area (Å²) in [6.07, 6.45) is 1.36. The molecule has 14 heavy (non-hydrogen) atoms. The molecule has 1 aliphatic heterocycles. The van der Waals surface area contributed by atoms with Crippen LogP contribution in [0.4, 0.5) is 0 Å². The summed E-state index contributed by atoms with van der Waals surface area (Å²) >= 11 is 0. The van der Waals surface area contributed by atoms with Gasteiger partial charge in [0.2, 0.25) is 0 Å². The van der Waals surface area contributed by atoms with Gasteiger partial charge in [-0.3, -0.25) is 14.5 Å². The molecule has 0 bridgehead atoms. The number of hydrogen-bond acceptors (Lipinski definition) is 3. The lowest BCUT2D eigenvalue weighted by atomic mass is 10.1. The van der Waals surface area contributed by atoms with Gasteiger partial charge >= 0.3 is 0 Å². The molecule has 0 radical (unpaired) electrons. The van der Waals surface area contributed by atoms with E-state index in [9.17, 15) is 9.59 Å². The van der Waals surface area contributed by atoms with Crippen molar-refractivity contribution in [2.45, 2.75) is 26.4 Å². The molecule has 2 amide bonds. The maximum absolute atomic E-state index is 11.5. The summed E-state index contributed by atoms with van der Waals surface area (Å²) in [6, 6.07) is 0. The van der Waals surface area contributed by atoms with Crippen LogP contribution in [0.2, 0.25) is 0 Å². The third-order valence-electron chi connectivity index (χ3n) is 2.28. The van der Waals surface area contributed by atoms with Crippen molar-refractivity contribution in [2.24, 2.45) is 0 Å². The second-order valence-corrected chi connectivity index (χ2v) is 4.02. The van der Waals surface area contributed by atoms with Crippen LogP contribution in [-0.2, 0) is 14.3 Å². The van der Waals surface area contributed by atoms with E-state index in [0.717, 1.165) is 0 Å². The van der Waals surface area contributed by atoms with E-state index in [0.29, 0.717) is 5.57 Å². The van der Waals surface area contributed by atoms with Gasteiger partial charge < -0.3 is 4.74 Å². The molecule has 78 valence electrons. The standard InChI is InChI=1S/C10H15NO3/c1-7-5-8(12)11(9(7)13)6-10(2,3)14-4/h5H,6H2,1-4H3. The van der Waals surface area contributed by atoms with Gasteiger partial charge in [-0.05, 0) is 20.8 Å². The summed E-state index contributed by atoms with van der Waals surface area (Å²) in [6.45, 7) is 5.59. The van der Waals surface area contributed by atoms with Crippen LogP contribution in [-0.4, -0.2) is 36.0 Å². The highest BCUT2D eigenvalue weighted by molar-refractivity contribution is 6.15. The van der Waals surface area contributed by atoms with Gasteiger partial charge in [0.1, 0.15) is 0 Å². The van der Waals surface area contributed by atoms with Gasteiger partial charge in [0.05, 0.1) is 12.1 Å². The summed E-state index contributed by atoms with van der Waals surface area (Å²) in [5.41, 5.74) is -0.00838. The molecule has 0 N–H and O–H groups in total. The quantitative estimate of drug-likeness (QED) is 0.626. The predicted octanol–water partition coefficient (Wildman–Crippen LogP) is 0.727. The number of amides is 2. The molecule has 0 aromatic rings. The zero-order valence-electron chi connectivity index (χ0n) is 8.96. The molecule has 0 aliphatic carbocycles. The minimum Gasteiger partial charge on any atom is -0.377 e. The number of nitrogens with zero attached hydrogens (tertiary/aromatic N) is 1. The van der Waals surface area contributed by atoms with Crippen LogP contribution >= 0.6 is 0 Å². The van der Waals surface area contributed by atoms with Crippen molar-refractivity contribution < 1.29 is 14.3 Å². The Balaban J connectivity index is 2.74. The van der Waals surface area contributed by atoms with Gasteiger partial charge in [0.15, 0.2) is 0 Å². The Hall–Kier alpha value is -1.16. The molecular weight excluding hydrogens is 182 g/mol. The largest absolute Gasteiger partial charge is 0.377 e. The van der Waals surface area contributed by atoms with Crippen LogP contribution in [0.1, 0.15) is 20.8 Å². The zero-order chi connectivity index (χ0) is 10.9. The first kappa shape index (κ1) is 10.9. The third-order valence-corrected chi connectivity index (χ3v) is 2.28. The first-order valence-electron chi connectivity index (χ1n) is 4.46. The number of carbonyl (C=O) groups excluding carboxylic acids is 2. The van der Waals surface area contributed by atoms with Gasteiger partial charge in [-0.1, -0.05) is 0 Å². The molecular formula is C10H15NO3. The van der Waals surface area contributed by atoms with Crippen LogP contribution in [0.3, 0.4) is 0 Å². The molecule has 0 unspecified atom stereocenters. The SMILES string of the molecule is COC(C)(C)CN1C(=O)C=C(C)C1=O. The zero-order valence-corrected chi connectivity index (χ0v) is 8.96. The van der Waals surface area contributed by atoms with Crippen LogP contribution in [0.15, 0.2) is 11.6 Å². The number of hydrogen-bond donors (Lipinski definition) is 0. The maximum Gasteiger partial charge on any atom is 0.256 e. The lowest BCUT2D eigenvalue weighted by molar-refractivity contribution is -0.141. The van der Waals surface area contributed by atoms with Gasteiger partial charge in [0, 0.05) is 18.8 Å². The second-order valence-electron chi connectivity index (χ2n) is 4.02. The highest BCUT2D eigenvalue weighted by Gasteiger charge is 2.33. The molecule has 1 heterocycles. The Labute approximate surface area is 83.5 Å². The average molecular weight is 197 g/mol. The van der Waals surface area contributed by atoms with Crippen molar-refractivity contribution in [2.75, 3.05) is 13.7 Å². The van der Waals surface area contributed by atoms with Crippen LogP contribution in [0.25, 0.3) is 0 Å². The number of ether oxygens (including phenoxy) is 1. The minimum absolute atomic E-state index is 0.222. The monoisotopic (exact) mass is 197 g/mol. The average Bonchev–Trinajstić information content (AvgIpc) is 2.32. The van der Waals surface area contributed by atoms with E-state index in [-0.39, 0.29) is 18.4 Å². The molecule has 0 saturated carbocycles. The summed E-state index contributed by atoms with van der Waals surface area (Å²) < 4.78 is 5.16. The lowest BCUT2D eigenvalue weighted by Gasteiger charge is -2.27. The lowest BCUT2D eigenvalue weighted by Crippen LogP contribution is -2.43. The fourth-order valence-corrected chi connectivity index (χ4v) is 1.23. The molecule has 4 heteroatoms. The Morgan fingerprint density at radius 2 is 2.00 bits per heavy atom. The molecule has 0 saturated heterocycles. The minimum atomic E-state index is -0.496. The first-order chi connectivity index (χ1) is 6.37. The smallest absolute Gasteiger partial charge is 0.256 e. The fraction of sp³-hybridized carbons (Fsp3) is 0.600. The molecule has 1 rings (SSSR count). The van der Waals surface area contributed by atoms with Gasteiger partial charge in [-0.25, -0.2) is 0 Å². The maximum atomic E-state index is 11.5. The molecule has 0 atom stereocenters. The molecule has 1 aliphatic rings. The van der Waals surface area contributed by atoms with Crippen molar-refractivity contribution >= 4 is 11.8 Å². The topological polar surface area (TPSA) is 46.6 Å². The Bertz CT molecular complexity index is 304. The molecule has 0 aromatic carbocycles. The normalized spacial score (nSPS) is 17.7. The summed E-state index contributed by atoms with van der Waals surface area (Å²) in [4.78, 5) is 24.1. The Morgan fingerprint density at radius 1 is 1.43 bits per heavy atom. The molecule has 0 aromatic heterocycles. The Kier molecular flexibility index (Phi) is 2.76. The van der Waals surface area contributed by atoms with E-state index < -0.39 is 5.60 Å². The fourth-order valence-electron chi connectivity index (χ4n) is 1.23. The van der Waals surface area contributed by atoms with Gasteiger partial charge in [0.25, 0.3) is 11.8 Å². The molecule has 0 fully saturated rings.